The second-order valence-electron chi connectivity index (χ2n) is 3.80. The van der Waals surface area contributed by atoms with Gasteiger partial charge < -0.3 is 15.0 Å². The number of nitrogen functional groups attached to an aromatic ring is 1. The molecule has 1 aromatic carbocycles. The van der Waals surface area contributed by atoms with Crippen LogP contribution >= 0.6 is 15.9 Å². The Morgan fingerprint density at radius 1 is 1.44 bits per heavy atom. The van der Waals surface area contributed by atoms with Crippen LogP contribution < -0.4 is 5.73 Å². The van der Waals surface area contributed by atoms with E-state index in [1.165, 1.54) is 0 Å². The van der Waals surface area contributed by atoms with E-state index in [-0.39, 0.29) is 0 Å². The molecule has 18 heavy (non-hydrogen) atoms. The highest BCUT2D eigenvalue weighted by molar-refractivity contribution is 9.10. The van der Waals surface area contributed by atoms with E-state index >= 15 is 0 Å². The summed E-state index contributed by atoms with van der Waals surface area (Å²) in [7, 11) is 0. The van der Waals surface area contributed by atoms with Gasteiger partial charge in [-0.15, -0.1) is 0 Å². The minimum atomic E-state index is 0.355. The maximum Gasteiger partial charge on any atom is 0.260 e. The van der Waals surface area contributed by atoms with Gasteiger partial charge in [0.25, 0.3) is 5.89 Å². The number of benzene rings is 1. The Labute approximate surface area is 113 Å². The monoisotopic (exact) mass is 311 g/mol. The lowest BCUT2D eigenvalue weighted by Crippen LogP contribution is -1.96. The third-order valence-electron chi connectivity index (χ3n) is 2.29. The van der Waals surface area contributed by atoms with Crippen molar-refractivity contribution in [3.63, 3.8) is 0 Å². The lowest BCUT2D eigenvalue weighted by atomic mass is 10.2. The van der Waals surface area contributed by atoms with Gasteiger partial charge in [0, 0.05) is 16.8 Å². The SMILES string of the molecule is CCCOCc1noc(-c2ccc(Br)cc2N)n1. The number of rotatable bonds is 5. The van der Waals surface area contributed by atoms with Crippen LogP contribution in [0.25, 0.3) is 11.5 Å². The molecule has 0 aliphatic carbocycles. The first kappa shape index (κ1) is 13.0. The van der Waals surface area contributed by atoms with Crippen molar-refractivity contribution in [3.05, 3.63) is 28.5 Å². The highest BCUT2D eigenvalue weighted by Gasteiger charge is 2.11. The van der Waals surface area contributed by atoms with Crippen LogP contribution in [0.4, 0.5) is 5.69 Å². The number of hydrogen-bond donors (Lipinski definition) is 1. The van der Waals surface area contributed by atoms with Crippen molar-refractivity contribution in [2.45, 2.75) is 20.0 Å². The Bertz CT molecular complexity index is 528. The minimum Gasteiger partial charge on any atom is -0.398 e. The molecule has 0 radical (unpaired) electrons. The fourth-order valence-electron chi connectivity index (χ4n) is 1.46. The zero-order valence-corrected chi connectivity index (χ0v) is 11.6. The summed E-state index contributed by atoms with van der Waals surface area (Å²) in [6.07, 6.45) is 0.963. The summed E-state index contributed by atoms with van der Waals surface area (Å²) in [6, 6.07) is 5.51. The maximum absolute atomic E-state index is 5.90. The van der Waals surface area contributed by atoms with Crippen molar-refractivity contribution in [3.8, 4) is 11.5 Å². The average Bonchev–Trinajstić information content (AvgIpc) is 2.78. The Morgan fingerprint density at radius 2 is 2.28 bits per heavy atom. The van der Waals surface area contributed by atoms with Crippen LogP contribution in [0.5, 0.6) is 0 Å². The van der Waals surface area contributed by atoms with Crippen LogP contribution in [0.3, 0.4) is 0 Å². The highest BCUT2D eigenvalue weighted by atomic mass is 79.9. The Morgan fingerprint density at radius 3 is 3.00 bits per heavy atom. The first-order valence-corrected chi connectivity index (χ1v) is 6.45. The van der Waals surface area contributed by atoms with Gasteiger partial charge in [0.1, 0.15) is 6.61 Å². The van der Waals surface area contributed by atoms with E-state index in [1.807, 2.05) is 19.1 Å². The van der Waals surface area contributed by atoms with E-state index in [0.29, 0.717) is 30.6 Å². The average molecular weight is 312 g/mol. The van der Waals surface area contributed by atoms with E-state index in [0.717, 1.165) is 16.5 Å². The quantitative estimate of drug-likeness (QED) is 0.678. The first-order valence-electron chi connectivity index (χ1n) is 5.66. The second-order valence-corrected chi connectivity index (χ2v) is 4.72. The molecule has 2 N–H and O–H groups in total. The van der Waals surface area contributed by atoms with Gasteiger partial charge in [0.05, 0.1) is 5.56 Å². The van der Waals surface area contributed by atoms with Gasteiger partial charge in [-0.3, -0.25) is 0 Å². The van der Waals surface area contributed by atoms with Gasteiger partial charge >= 0.3 is 0 Å². The fourth-order valence-corrected chi connectivity index (χ4v) is 1.84. The standard InChI is InChI=1S/C12H14BrN3O2/c1-2-5-17-7-11-15-12(18-16-11)9-4-3-8(13)6-10(9)14/h3-4,6H,2,5,7,14H2,1H3. The molecule has 2 aromatic rings. The van der Waals surface area contributed by atoms with Crippen molar-refractivity contribution in [1.29, 1.82) is 0 Å². The predicted octanol–water partition coefficient (Wildman–Crippen LogP) is 3.01. The topological polar surface area (TPSA) is 74.2 Å². The molecule has 2 rings (SSSR count). The zero-order valence-electron chi connectivity index (χ0n) is 10.0. The number of nitrogens with two attached hydrogens (primary N) is 1. The number of ether oxygens (including phenoxy) is 1. The zero-order chi connectivity index (χ0) is 13.0. The van der Waals surface area contributed by atoms with Crippen molar-refractivity contribution in [1.82, 2.24) is 10.1 Å². The normalized spacial score (nSPS) is 10.8. The first-order chi connectivity index (χ1) is 8.70. The number of hydrogen-bond acceptors (Lipinski definition) is 5. The largest absolute Gasteiger partial charge is 0.398 e. The number of nitrogens with zero attached hydrogens (tertiary/aromatic N) is 2. The molecule has 0 bridgehead atoms. The molecular formula is C12H14BrN3O2. The summed E-state index contributed by atoms with van der Waals surface area (Å²) in [5.41, 5.74) is 7.22. The van der Waals surface area contributed by atoms with Crippen LogP contribution in [-0.4, -0.2) is 16.7 Å². The number of anilines is 1. The van der Waals surface area contributed by atoms with Crippen molar-refractivity contribution in [2.75, 3.05) is 12.3 Å². The van der Waals surface area contributed by atoms with Gasteiger partial charge in [-0.2, -0.15) is 4.98 Å². The molecule has 0 unspecified atom stereocenters. The summed E-state index contributed by atoms with van der Waals surface area (Å²) in [4.78, 5) is 4.24. The highest BCUT2D eigenvalue weighted by Crippen LogP contribution is 2.27. The summed E-state index contributed by atoms with van der Waals surface area (Å²) in [5.74, 6) is 0.941. The molecule has 0 aliphatic rings. The minimum absolute atomic E-state index is 0.355. The Hall–Kier alpha value is -1.40. The molecule has 0 amide bonds. The lowest BCUT2D eigenvalue weighted by molar-refractivity contribution is 0.114. The van der Waals surface area contributed by atoms with Gasteiger partial charge in [-0.1, -0.05) is 28.0 Å². The molecular weight excluding hydrogens is 298 g/mol. The van der Waals surface area contributed by atoms with Gasteiger partial charge in [-0.25, -0.2) is 0 Å². The van der Waals surface area contributed by atoms with E-state index in [9.17, 15) is 0 Å². The van der Waals surface area contributed by atoms with Crippen LogP contribution in [0.15, 0.2) is 27.2 Å². The molecule has 5 nitrogen and oxygen atoms in total. The van der Waals surface area contributed by atoms with E-state index in [2.05, 4.69) is 26.1 Å². The molecule has 0 saturated carbocycles. The summed E-state index contributed by atoms with van der Waals surface area (Å²) < 4.78 is 11.4. The van der Waals surface area contributed by atoms with Crippen molar-refractivity contribution < 1.29 is 9.26 Å². The number of aromatic nitrogens is 2. The van der Waals surface area contributed by atoms with E-state index in [4.69, 9.17) is 15.0 Å². The van der Waals surface area contributed by atoms with E-state index in [1.54, 1.807) is 6.07 Å². The predicted molar refractivity (Wildman–Crippen MR) is 71.8 cm³/mol. The van der Waals surface area contributed by atoms with Crippen LogP contribution in [0, 0.1) is 0 Å². The Balaban J connectivity index is 2.13. The third-order valence-corrected chi connectivity index (χ3v) is 2.78. The molecule has 1 heterocycles. The maximum atomic E-state index is 5.90. The second kappa shape index (κ2) is 5.97. The lowest BCUT2D eigenvalue weighted by Gasteiger charge is -2.00. The van der Waals surface area contributed by atoms with Crippen molar-refractivity contribution in [2.24, 2.45) is 0 Å². The molecule has 0 aliphatic heterocycles. The molecule has 0 saturated heterocycles. The fraction of sp³-hybridized carbons (Fsp3) is 0.333. The van der Waals surface area contributed by atoms with Gasteiger partial charge in [0.15, 0.2) is 5.82 Å². The number of halogens is 1. The molecule has 6 heteroatoms. The molecule has 1 aromatic heterocycles. The molecule has 0 atom stereocenters. The Kier molecular flexibility index (Phi) is 4.33. The van der Waals surface area contributed by atoms with Crippen LogP contribution in [-0.2, 0) is 11.3 Å². The summed E-state index contributed by atoms with van der Waals surface area (Å²) in [5, 5.41) is 3.85. The van der Waals surface area contributed by atoms with Crippen molar-refractivity contribution >= 4 is 21.6 Å². The van der Waals surface area contributed by atoms with Crippen LogP contribution in [0.1, 0.15) is 19.2 Å². The van der Waals surface area contributed by atoms with E-state index < -0.39 is 0 Å². The molecule has 0 spiro atoms. The molecule has 96 valence electrons. The molecule has 0 fully saturated rings. The van der Waals surface area contributed by atoms with Gasteiger partial charge in [-0.05, 0) is 24.6 Å². The van der Waals surface area contributed by atoms with Crippen LogP contribution in [0.2, 0.25) is 0 Å². The summed E-state index contributed by atoms with van der Waals surface area (Å²) >= 11 is 3.35. The smallest absolute Gasteiger partial charge is 0.260 e. The third kappa shape index (κ3) is 3.08. The summed E-state index contributed by atoms with van der Waals surface area (Å²) in [6.45, 7) is 3.09. The van der Waals surface area contributed by atoms with Gasteiger partial charge in [0.2, 0.25) is 0 Å².